The Morgan fingerprint density at radius 2 is 1.81 bits per heavy atom. The Bertz CT molecular complexity index is 215. The number of ether oxygens (including phenoxy) is 2. The molecule has 0 unspecified atom stereocenters. The summed E-state index contributed by atoms with van der Waals surface area (Å²) < 4.78 is 10.3. The molecule has 7 nitrogen and oxygen atoms in total. The molecule has 2 N–H and O–H groups in total. The van der Waals surface area contributed by atoms with Crippen molar-refractivity contribution in [3.05, 3.63) is 10.4 Å². The van der Waals surface area contributed by atoms with Crippen LogP contribution in [0.1, 0.15) is 6.92 Å². The molecule has 0 spiro atoms. The Balaban J connectivity index is 3.35. The molecule has 0 radical (unpaired) electrons. The van der Waals surface area contributed by atoms with Crippen LogP contribution in [-0.2, 0) is 9.47 Å². The number of hydrogen-bond acceptors (Lipinski definition) is 5. The zero-order valence-electron chi connectivity index (χ0n) is 9.50. The van der Waals surface area contributed by atoms with E-state index in [0.29, 0.717) is 26.4 Å². The molecular formula is C9H19N3O4. The predicted molar refractivity (Wildman–Crippen MR) is 57.9 cm³/mol. The van der Waals surface area contributed by atoms with Crippen LogP contribution in [0, 0.1) is 5.41 Å². The maximum absolute atomic E-state index is 8.97. The standard InChI is InChI=1S/C9H19N3O4/c1-9(6-13,7-14)8-16-5-4-15-3-2-11-12-10/h13-14H,2-8H2,1H3. The molecule has 7 heteroatoms. The first-order chi connectivity index (χ1) is 7.68. The van der Waals surface area contributed by atoms with E-state index in [0.717, 1.165) is 0 Å². The van der Waals surface area contributed by atoms with Gasteiger partial charge in [-0.3, -0.25) is 0 Å². The molecule has 0 saturated carbocycles. The van der Waals surface area contributed by atoms with E-state index in [1.165, 1.54) is 0 Å². The van der Waals surface area contributed by atoms with Gasteiger partial charge in [0.15, 0.2) is 0 Å². The molecule has 0 amide bonds. The molecular weight excluding hydrogens is 214 g/mol. The minimum Gasteiger partial charge on any atom is -0.396 e. The number of rotatable bonds is 10. The summed E-state index contributed by atoms with van der Waals surface area (Å²) in [5.41, 5.74) is 7.38. The van der Waals surface area contributed by atoms with Gasteiger partial charge in [0, 0.05) is 16.9 Å². The second-order valence-electron chi connectivity index (χ2n) is 3.75. The van der Waals surface area contributed by atoms with Crippen LogP contribution in [0.2, 0.25) is 0 Å². The monoisotopic (exact) mass is 233 g/mol. The summed E-state index contributed by atoms with van der Waals surface area (Å²) in [6.07, 6.45) is 0. The Hall–Kier alpha value is -0.850. The van der Waals surface area contributed by atoms with Gasteiger partial charge in [-0.25, -0.2) is 0 Å². The number of aliphatic hydroxyl groups is 2. The number of nitrogens with zero attached hydrogens (tertiary/aromatic N) is 3. The van der Waals surface area contributed by atoms with Gasteiger partial charge in [-0.15, -0.1) is 0 Å². The van der Waals surface area contributed by atoms with E-state index in [1.807, 2.05) is 0 Å². The third-order valence-corrected chi connectivity index (χ3v) is 1.98. The van der Waals surface area contributed by atoms with Crippen LogP contribution in [0.4, 0.5) is 0 Å². The van der Waals surface area contributed by atoms with Crippen molar-refractivity contribution in [2.75, 3.05) is 46.2 Å². The number of hydrogen-bond donors (Lipinski definition) is 2. The molecule has 0 aromatic heterocycles. The Morgan fingerprint density at radius 1 is 1.19 bits per heavy atom. The van der Waals surface area contributed by atoms with Crippen LogP contribution in [0.3, 0.4) is 0 Å². The molecule has 0 bridgehead atoms. The van der Waals surface area contributed by atoms with Gasteiger partial charge < -0.3 is 19.7 Å². The van der Waals surface area contributed by atoms with Gasteiger partial charge in [0.05, 0.1) is 39.6 Å². The highest BCUT2D eigenvalue weighted by Crippen LogP contribution is 2.13. The fourth-order valence-corrected chi connectivity index (χ4v) is 0.830. The number of aliphatic hydroxyl groups excluding tert-OH is 2. The van der Waals surface area contributed by atoms with E-state index in [2.05, 4.69) is 10.0 Å². The van der Waals surface area contributed by atoms with Crippen LogP contribution in [0.5, 0.6) is 0 Å². The lowest BCUT2D eigenvalue weighted by atomic mass is 9.95. The van der Waals surface area contributed by atoms with Gasteiger partial charge in [-0.1, -0.05) is 12.0 Å². The zero-order valence-corrected chi connectivity index (χ0v) is 9.50. The summed E-state index contributed by atoms with van der Waals surface area (Å²) in [5, 5.41) is 21.2. The van der Waals surface area contributed by atoms with Gasteiger partial charge in [-0.2, -0.15) is 0 Å². The molecule has 0 aliphatic carbocycles. The van der Waals surface area contributed by atoms with Crippen LogP contribution in [-0.4, -0.2) is 56.4 Å². The fraction of sp³-hybridized carbons (Fsp3) is 1.00. The third-order valence-electron chi connectivity index (χ3n) is 1.98. The molecule has 0 aliphatic rings. The van der Waals surface area contributed by atoms with Crippen LogP contribution in [0.15, 0.2) is 5.11 Å². The van der Waals surface area contributed by atoms with Crippen molar-refractivity contribution in [1.82, 2.24) is 0 Å². The van der Waals surface area contributed by atoms with E-state index in [-0.39, 0.29) is 19.8 Å². The second kappa shape index (κ2) is 9.38. The minimum atomic E-state index is -0.606. The largest absolute Gasteiger partial charge is 0.396 e. The molecule has 0 aromatic rings. The number of azide groups is 1. The van der Waals surface area contributed by atoms with Gasteiger partial charge in [0.25, 0.3) is 0 Å². The van der Waals surface area contributed by atoms with Crippen LogP contribution < -0.4 is 0 Å². The fourth-order valence-electron chi connectivity index (χ4n) is 0.830. The summed E-state index contributed by atoms with van der Waals surface area (Å²) in [6.45, 7) is 3.21. The molecule has 0 aromatic carbocycles. The highest BCUT2D eigenvalue weighted by Gasteiger charge is 2.22. The molecule has 0 saturated heterocycles. The van der Waals surface area contributed by atoms with Gasteiger partial charge in [0.1, 0.15) is 0 Å². The van der Waals surface area contributed by atoms with Crippen LogP contribution in [0.25, 0.3) is 10.4 Å². The maximum atomic E-state index is 8.97. The van der Waals surface area contributed by atoms with E-state index in [1.54, 1.807) is 6.92 Å². The third kappa shape index (κ3) is 7.44. The van der Waals surface area contributed by atoms with Crippen LogP contribution >= 0.6 is 0 Å². The SMILES string of the molecule is CC(CO)(CO)COCCOCCN=[N+]=[N-]. The van der Waals surface area contributed by atoms with E-state index < -0.39 is 5.41 Å². The smallest absolute Gasteiger partial charge is 0.0700 e. The molecule has 0 atom stereocenters. The first-order valence-corrected chi connectivity index (χ1v) is 5.06. The Labute approximate surface area is 94.6 Å². The normalized spacial score (nSPS) is 11.2. The topological polar surface area (TPSA) is 108 Å². The summed E-state index contributed by atoms with van der Waals surface area (Å²) in [7, 11) is 0. The second-order valence-corrected chi connectivity index (χ2v) is 3.75. The average molecular weight is 233 g/mol. The predicted octanol–water partition coefficient (Wildman–Crippen LogP) is 0.321. The highest BCUT2D eigenvalue weighted by molar-refractivity contribution is 4.70. The van der Waals surface area contributed by atoms with E-state index in [9.17, 15) is 0 Å². The van der Waals surface area contributed by atoms with Crippen molar-refractivity contribution in [3.8, 4) is 0 Å². The molecule has 0 aliphatic heterocycles. The molecule has 0 rings (SSSR count). The lowest BCUT2D eigenvalue weighted by molar-refractivity contribution is -0.0322. The first kappa shape index (κ1) is 15.2. The Morgan fingerprint density at radius 3 is 2.38 bits per heavy atom. The van der Waals surface area contributed by atoms with Crippen molar-refractivity contribution in [3.63, 3.8) is 0 Å². The van der Waals surface area contributed by atoms with Crippen molar-refractivity contribution in [2.45, 2.75) is 6.92 Å². The molecule has 0 heterocycles. The minimum absolute atomic E-state index is 0.124. The zero-order chi connectivity index (χ0) is 12.3. The first-order valence-electron chi connectivity index (χ1n) is 5.06. The summed E-state index contributed by atoms with van der Waals surface area (Å²) >= 11 is 0. The average Bonchev–Trinajstić information content (AvgIpc) is 2.32. The van der Waals surface area contributed by atoms with Crippen molar-refractivity contribution < 1.29 is 19.7 Å². The lowest BCUT2D eigenvalue weighted by Crippen LogP contribution is -2.32. The molecule has 94 valence electrons. The Kier molecular flexibility index (Phi) is 8.88. The quantitative estimate of drug-likeness (QED) is 0.245. The van der Waals surface area contributed by atoms with Crippen molar-refractivity contribution >= 4 is 0 Å². The summed E-state index contributed by atoms with van der Waals surface area (Å²) in [4.78, 5) is 2.58. The molecule has 16 heavy (non-hydrogen) atoms. The maximum Gasteiger partial charge on any atom is 0.0700 e. The van der Waals surface area contributed by atoms with Crippen molar-refractivity contribution in [2.24, 2.45) is 10.5 Å². The lowest BCUT2D eigenvalue weighted by Gasteiger charge is -2.23. The van der Waals surface area contributed by atoms with Gasteiger partial charge in [-0.05, 0) is 5.53 Å². The highest BCUT2D eigenvalue weighted by atomic mass is 16.5. The van der Waals surface area contributed by atoms with E-state index >= 15 is 0 Å². The summed E-state index contributed by atoms with van der Waals surface area (Å²) in [6, 6.07) is 0. The van der Waals surface area contributed by atoms with Gasteiger partial charge >= 0.3 is 0 Å². The van der Waals surface area contributed by atoms with Crippen molar-refractivity contribution in [1.29, 1.82) is 0 Å². The van der Waals surface area contributed by atoms with Gasteiger partial charge in [0.2, 0.25) is 0 Å². The summed E-state index contributed by atoms with van der Waals surface area (Å²) in [5.74, 6) is 0. The van der Waals surface area contributed by atoms with E-state index in [4.69, 9.17) is 25.2 Å². The molecule has 0 fully saturated rings.